The van der Waals surface area contributed by atoms with E-state index in [0.29, 0.717) is 18.1 Å². The van der Waals surface area contributed by atoms with Crippen molar-refractivity contribution in [2.45, 2.75) is 18.8 Å². The van der Waals surface area contributed by atoms with E-state index in [1.807, 2.05) is 11.0 Å². The molecule has 1 aromatic rings. The number of halogens is 4. The maximum atomic E-state index is 13.0. The Balaban J connectivity index is 2.14. The van der Waals surface area contributed by atoms with Crippen LogP contribution < -0.4 is 4.90 Å². The second-order valence-electron chi connectivity index (χ2n) is 3.97. The van der Waals surface area contributed by atoms with Crippen molar-refractivity contribution in [1.29, 1.82) is 0 Å². The van der Waals surface area contributed by atoms with Gasteiger partial charge in [-0.15, -0.1) is 0 Å². The Morgan fingerprint density at radius 3 is 2.38 bits per heavy atom. The molecule has 0 spiro atoms. The van der Waals surface area contributed by atoms with Gasteiger partial charge in [0.05, 0.1) is 0 Å². The van der Waals surface area contributed by atoms with Gasteiger partial charge < -0.3 is 4.90 Å². The summed E-state index contributed by atoms with van der Waals surface area (Å²) in [6.45, 7) is 0.750. The van der Waals surface area contributed by atoms with Gasteiger partial charge in [0.1, 0.15) is 0 Å². The van der Waals surface area contributed by atoms with Gasteiger partial charge in [0.15, 0.2) is 0 Å². The zero-order valence-corrected chi connectivity index (χ0v) is 10.9. The van der Waals surface area contributed by atoms with Gasteiger partial charge in [0.2, 0.25) is 0 Å². The lowest BCUT2D eigenvalue weighted by atomic mass is 10.1. The first kappa shape index (κ1) is 12.1. The van der Waals surface area contributed by atoms with E-state index in [1.165, 1.54) is 0 Å². The van der Waals surface area contributed by atoms with Gasteiger partial charge in [0, 0.05) is 41.1 Å². The molecule has 2 rings (SSSR count). The van der Waals surface area contributed by atoms with Gasteiger partial charge in [-0.25, -0.2) is 8.78 Å². The molecule has 1 heterocycles. The summed E-state index contributed by atoms with van der Waals surface area (Å²) >= 11 is 9.26. The summed E-state index contributed by atoms with van der Waals surface area (Å²) in [6.07, 6.45) is -0.172. The van der Waals surface area contributed by atoms with Gasteiger partial charge in [-0.1, -0.05) is 27.5 Å². The maximum Gasteiger partial charge on any atom is 0.251 e. The van der Waals surface area contributed by atoms with Crippen molar-refractivity contribution in [3.8, 4) is 0 Å². The van der Waals surface area contributed by atoms with Crippen molar-refractivity contribution in [3.05, 3.63) is 27.7 Å². The highest BCUT2D eigenvalue weighted by Gasteiger charge is 2.34. The quantitative estimate of drug-likeness (QED) is 0.746. The molecule has 0 bridgehead atoms. The minimum Gasteiger partial charge on any atom is -0.371 e. The number of rotatable bonds is 1. The third-order valence-corrected chi connectivity index (χ3v) is 3.38. The molecule has 0 saturated carbocycles. The molecule has 16 heavy (non-hydrogen) atoms. The molecule has 0 unspecified atom stereocenters. The van der Waals surface area contributed by atoms with Crippen molar-refractivity contribution in [1.82, 2.24) is 0 Å². The molecule has 1 aliphatic rings. The molecule has 0 atom stereocenters. The van der Waals surface area contributed by atoms with E-state index in [2.05, 4.69) is 15.9 Å². The van der Waals surface area contributed by atoms with Crippen LogP contribution in [-0.4, -0.2) is 19.0 Å². The molecule has 88 valence electrons. The molecule has 5 heteroatoms. The largest absolute Gasteiger partial charge is 0.371 e. The summed E-state index contributed by atoms with van der Waals surface area (Å²) < 4.78 is 26.8. The summed E-state index contributed by atoms with van der Waals surface area (Å²) in [5.41, 5.74) is 0.898. The lowest BCUT2D eigenvalue weighted by molar-refractivity contribution is -0.0220. The van der Waals surface area contributed by atoms with Crippen LogP contribution >= 0.6 is 27.5 Å². The first-order valence-electron chi connectivity index (χ1n) is 5.05. The summed E-state index contributed by atoms with van der Waals surface area (Å²) in [4.78, 5) is 1.94. The lowest BCUT2D eigenvalue weighted by Gasteiger charge is -2.33. The Kier molecular flexibility index (Phi) is 3.40. The molecule has 0 amide bonds. The smallest absolute Gasteiger partial charge is 0.251 e. The molecular weight excluding hydrogens is 299 g/mol. The minimum atomic E-state index is -2.51. The zero-order chi connectivity index (χ0) is 11.8. The molecule has 0 N–H and O–H groups in total. The first-order valence-corrected chi connectivity index (χ1v) is 6.22. The summed E-state index contributed by atoms with van der Waals surface area (Å²) in [5.74, 6) is -2.51. The number of nitrogens with zero attached hydrogens (tertiary/aromatic N) is 1. The highest BCUT2D eigenvalue weighted by atomic mass is 79.9. The SMILES string of the molecule is FC1(F)CCN(c2cc(Cl)cc(Br)c2)CC1. The Hall–Kier alpha value is -0.350. The van der Waals surface area contributed by atoms with E-state index in [1.54, 1.807) is 12.1 Å². The number of hydrogen-bond donors (Lipinski definition) is 0. The van der Waals surface area contributed by atoms with Crippen molar-refractivity contribution < 1.29 is 8.78 Å². The second-order valence-corrected chi connectivity index (χ2v) is 5.32. The van der Waals surface area contributed by atoms with Crippen LogP contribution in [0.2, 0.25) is 5.02 Å². The second kappa shape index (κ2) is 4.49. The summed E-state index contributed by atoms with van der Waals surface area (Å²) in [7, 11) is 0. The van der Waals surface area contributed by atoms with Gasteiger partial charge in [-0.05, 0) is 18.2 Å². The third kappa shape index (κ3) is 2.86. The van der Waals surface area contributed by atoms with Gasteiger partial charge in [-0.3, -0.25) is 0 Å². The van der Waals surface area contributed by atoms with Crippen molar-refractivity contribution in [3.63, 3.8) is 0 Å². The van der Waals surface area contributed by atoms with Crippen LogP contribution in [0.1, 0.15) is 12.8 Å². The van der Waals surface area contributed by atoms with E-state index in [-0.39, 0.29) is 12.8 Å². The molecule has 1 nitrogen and oxygen atoms in total. The van der Waals surface area contributed by atoms with Gasteiger partial charge in [-0.2, -0.15) is 0 Å². The number of benzene rings is 1. The molecule has 0 aromatic heterocycles. The fourth-order valence-corrected chi connectivity index (χ4v) is 2.66. The van der Waals surface area contributed by atoms with Crippen LogP contribution in [0.25, 0.3) is 0 Å². The Morgan fingerprint density at radius 1 is 1.19 bits per heavy atom. The van der Waals surface area contributed by atoms with Crippen molar-refractivity contribution in [2.24, 2.45) is 0 Å². The third-order valence-electron chi connectivity index (χ3n) is 2.71. The van der Waals surface area contributed by atoms with Crippen LogP contribution in [0.5, 0.6) is 0 Å². The van der Waals surface area contributed by atoms with E-state index in [9.17, 15) is 8.78 Å². The van der Waals surface area contributed by atoms with Crippen LogP contribution in [-0.2, 0) is 0 Å². The predicted molar refractivity (Wildman–Crippen MR) is 65.5 cm³/mol. The standard InChI is InChI=1S/C11H11BrClF2N/c12-8-5-9(13)7-10(6-8)16-3-1-11(14,15)2-4-16/h5-7H,1-4H2. The number of hydrogen-bond acceptors (Lipinski definition) is 1. The topological polar surface area (TPSA) is 3.24 Å². The fourth-order valence-electron chi connectivity index (χ4n) is 1.81. The van der Waals surface area contributed by atoms with Crippen LogP contribution in [0.15, 0.2) is 22.7 Å². The van der Waals surface area contributed by atoms with Crippen LogP contribution in [0.4, 0.5) is 14.5 Å². The van der Waals surface area contributed by atoms with E-state index in [0.717, 1.165) is 10.2 Å². The van der Waals surface area contributed by atoms with Crippen LogP contribution in [0.3, 0.4) is 0 Å². The molecule has 1 aromatic carbocycles. The lowest BCUT2D eigenvalue weighted by Crippen LogP contribution is -2.39. The molecule has 1 saturated heterocycles. The van der Waals surface area contributed by atoms with Gasteiger partial charge in [0.25, 0.3) is 5.92 Å². The van der Waals surface area contributed by atoms with Crippen molar-refractivity contribution in [2.75, 3.05) is 18.0 Å². The Bertz CT molecular complexity index is 367. The average molecular weight is 311 g/mol. The first-order chi connectivity index (χ1) is 7.46. The highest BCUT2D eigenvalue weighted by molar-refractivity contribution is 9.10. The van der Waals surface area contributed by atoms with E-state index in [4.69, 9.17) is 11.6 Å². The monoisotopic (exact) mass is 309 g/mol. The maximum absolute atomic E-state index is 13.0. The molecule has 1 aliphatic heterocycles. The summed E-state index contributed by atoms with van der Waals surface area (Å²) in [5, 5.41) is 0.613. The number of piperidine rings is 1. The highest BCUT2D eigenvalue weighted by Crippen LogP contribution is 2.32. The Morgan fingerprint density at radius 2 is 1.81 bits per heavy atom. The zero-order valence-electron chi connectivity index (χ0n) is 8.52. The molecule has 0 radical (unpaired) electrons. The number of anilines is 1. The number of alkyl halides is 2. The van der Waals surface area contributed by atoms with E-state index >= 15 is 0 Å². The molecule has 0 aliphatic carbocycles. The van der Waals surface area contributed by atoms with Crippen LogP contribution in [0, 0.1) is 0 Å². The Labute approximate surface area is 107 Å². The molecule has 1 fully saturated rings. The van der Waals surface area contributed by atoms with Crippen molar-refractivity contribution >= 4 is 33.2 Å². The van der Waals surface area contributed by atoms with E-state index < -0.39 is 5.92 Å². The predicted octanol–water partition coefficient (Wildman–Crippen LogP) is 4.34. The van der Waals surface area contributed by atoms with Gasteiger partial charge >= 0.3 is 0 Å². The molecular formula is C11H11BrClF2N. The average Bonchev–Trinajstić information content (AvgIpc) is 2.15. The fraction of sp³-hybridized carbons (Fsp3) is 0.455. The minimum absolute atomic E-state index is 0.0862. The normalized spacial score (nSPS) is 19.9. The summed E-state index contributed by atoms with van der Waals surface area (Å²) in [6, 6.07) is 5.48.